The first-order chi connectivity index (χ1) is 16.2. The van der Waals surface area contributed by atoms with Crippen LogP contribution in [0, 0.1) is 5.92 Å². The van der Waals surface area contributed by atoms with Crippen LogP contribution in [-0.2, 0) is 20.9 Å². The molecule has 2 aliphatic rings. The molecule has 34 heavy (non-hydrogen) atoms. The molecule has 0 spiro atoms. The van der Waals surface area contributed by atoms with Crippen LogP contribution in [0.1, 0.15) is 56.0 Å². The van der Waals surface area contributed by atoms with Gasteiger partial charge in [0.1, 0.15) is 12.2 Å². The van der Waals surface area contributed by atoms with Gasteiger partial charge in [0.2, 0.25) is 17.7 Å². The Kier molecular flexibility index (Phi) is 6.41. The van der Waals surface area contributed by atoms with Gasteiger partial charge in [-0.15, -0.1) is 0 Å². The highest BCUT2D eigenvalue weighted by Crippen LogP contribution is 2.43. The third-order valence-electron chi connectivity index (χ3n) is 6.34. The Morgan fingerprint density at radius 1 is 1.06 bits per heavy atom. The first-order valence-corrected chi connectivity index (χ1v) is 11.6. The number of hydrogen-bond acceptors (Lipinski definition) is 4. The molecular weight excluding hydrogens is 432 g/mol. The molecule has 8 nitrogen and oxygen atoms in total. The maximum Gasteiger partial charge on any atom is 0.258 e. The molecule has 0 aliphatic carbocycles. The second-order valence-corrected chi connectivity index (χ2v) is 9.48. The third kappa shape index (κ3) is 4.53. The van der Waals surface area contributed by atoms with Gasteiger partial charge < -0.3 is 15.5 Å². The van der Waals surface area contributed by atoms with Crippen LogP contribution in [0.15, 0.2) is 48.5 Å². The van der Waals surface area contributed by atoms with Gasteiger partial charge in [-0.05, 0) is 49.1 Å². The number of benzene rings is 2. The molecule has 0 radical (unpaired) electrons. The molecule has 1 unspecified atom stereocenters. The number of carbonyl (C=O) groups is 4. The van der Waals surface area contributed by atoms with Gasteiger partial charge in [0.15, 0.2) is 0 Å². The zero-order valence-electron chi connectivity index (χ0n) is 19.8. The Morgan fingerprint density at radius 3 is 2.59 bits per heavy atom. The summed E-state index contributed by atoms with van der Waals surface area (Å²) in [4.78, 5) is 54.0. The highest BCUT2D eigenvalue weighted by atomic mass is 16.2. The number of amides is 4. The Morgan fingerprint density at radius 2 is 1.82 bits per heavy atom. The number of rotatable bonds is 7. The standard InChI is InChI=1S/C26H30N4O4/c1-17(2)13-22(31)28-19-8-6-7-18(14-19)15-27-23(32)16-29-25(34)20-9-4-5-10-21(20)30-24(33)11-12-26(29,30)3/h4-10,14,17H,11-13,15-16H2,1-3H3,(H,27,32)(H,28,31). The monoisotopic (exact) mass is 462 g/mol. The van der Waals surface area contributed by atoms with Gasteiger partial charge in [-0.25, -0.2) is 0 Å². The first-order valence-electron chi connectivity index (χ1n) is 11.6. The molecule has 2 heterocycles. The highest BCUT2D eigenvalue weighted by Gasteiger charge is 2.53. The predicted octanol–water partition coefficient (Wildman–Crippen LogP) is 3.29. The summed E-state index contributed by atoms with van der Waals surface area (Å²) in [6.07, 6.45) is 1.23. The fraction of sp³-hybridized carbons (Fsp3) is 0.385. The second-order valence-electron chi connectivity index (χ2n) is 9.48. The highest BCUT2D eigenvalue weighted by molar-refractivity contribution is 6.11. The molecule has 1 fully saturated rings. The van der Waals surface area contributed by atoms with Gasteiger partial charge in [0, 0.05) is 25.1 Å². The van der Waals surface area contributed by atoms with E-state index in [4.69, 9.17) is 0 Å². The lowest BCUT2D eigenvalue weighted by Gasteiger charge is -2.48. The summed E-state index contributed by atoms with van der Waals surface area (Å²) >= 11 is 0. The second kappa shape index (κ2) is 9.29. The van der Waals surface area contributed by atoms with E-state index < -0.39 is 5.66 Å². The molecule has 2 aromatic carbocycles. The minimum atomic E-state index is -0.875. The summed E-state index contributed by atoms with van der Waals surface area (Å²) in [6.45, 7) is 5.90. The topological polar surface area (TPSA) is 98.8 Å². The quantitative estimate of drug-likeness (QED) is 0.660. The summed E-state index contributed by atoms with van der Waals surface area (Å²) in [7, 11) is 0. The predicted molar refractivity (Wildman–Crippen MR) is 129 cm³/mol. The minimum absolute atomic E-state index is 0.0517. The maximum atomic E-state index is 13.3. The van der Waals surface area contributed by atoms with Gasteiger partial charge in [-0.3, -0.25) is 24.1 Å². The van der Waals surface area contributed by atoms with Crippen LogP contribution in [-0.4, -0.2) is 40.7 Å². The van der Waals surface area contributed by atoms with E-state index in [0.29, 0.717) is 36.2 Å². The smallest absolute Gasteiger partial charge is 0.258 e. The molecule has 1 atom stereocenters. The molecular formula is C26H30N4O4. The van der Waals surface area contributed by atoms with E-state index in [0.717, 1.165) is 5.56 Å². The van der Waals surface area contributed by atoms with Crippen LogP contribution >= 0.6 is 0 Å². The van der Waals surface area contributed by atoms with Gasteiger partial charge in [-0.1, -0.05) is 38.1 Å². The van der Waals surface area contributed by atoms with Gasteiger partial charge in [-0.2, -0.15) is 0 Å². The Balaban J connectivity index is 1.44. The summed E-state index contributed by atoms with van der Waals surface area (Å²) in [5, 5.41) is 5.74. The summed E-state index contributed by atoms with van der Waals surface area (Å²) in [5.74, 6) is -0.412. The summed E-state index contributed by atoms with van der Waals surface area (Å²) in [5.41, 5.74) is 1.65. The van der Waals surface area contributed by atoms with Crippen LogP contribution in [0.25, 0.3) is 0 Å². The van der Waals surface area contributed by atoms with E-state index in [1.165, 1.54) is 4.90 Å². The van der Waals surface area contributed by atoms with E-state index in [2.05, 4.69) is 10.6 Å². The number of nitrogens with zero attached hydrogens (tertiary/aromatic N) is 2. The Bertz CT molecular complexity index is 1150. The SMILES string of the molecule is CC(C)CC(=O)Nc1cccc(CNC(=O)CN2C(=O)c3ccccc3N3C(=O)CCC23C)c1. The van der Waals surface area contributed by atoms with Crippen molar-refractivity contribution in [3.8, 4) is 0 Å². The first kappa shape index (κ1) is 23.5. The zero-order chi connectivity index (χ0) is 24.5. The lowest BCUT2D eigenvalue weighted by atomic mass is 9.98. The van der Waals surface area contributed by atoms with Crippen molar-refractivity contribution in [2.75, 3.05) is 16.8 Å². The largest absolute Gasteiger partial charge is 0.350 e. The fourth-order valence-corrected chi connectivity index (χ4v) is 4.68. The van der Waals surface area contributed by atoms with Crippen LogP contribution in [0.2, 0.25) is 0 Å². The molecule has 0 bridgehead atoms. The van der Waals surface area contributed by atoms with E-state index in [1.54, 1.807) is 35.2 Å². The number of para-hydroxylation sites is 1. The van der Waals surface area contributed by atoms with Gasteiger partial charge in [0.05, 0.1) is 11.3 Å². The van der Waals surface area contributed by atoms with Crippen molar-refractivity contribution in [3.05, 3.63) is 59.7 Å². The molecule has 2 aromatic rings. The fourth-order valence-electron chi connectivity index (χ4n) is 4.68. The molecule has 8 heteroatoms. The maximum absolute atomic E-state index is 13.3. The molecule has 1 saturated heterocycles. The van der Waals surface area contributed by atoms with E-state index >= 15 is 0 Å². The van der Waals surface area contributed by atoms with Crippen molar-refractivity contribution < 1.29 is 19.2 Å². The molecule has 4 rings (SSSR count). The van der Waals surface area contributed by atoms with Crippen LogP contribution in [0.3, 0.4) is 0 Å². The Hall–Kier alpha value is -3.68. The van der Waals surface area contributed by atoms with Crippen molar-refractivity contribution >= 4 is 35.0 Å². The van der Waals surface area contributed by atoms with Crippen molar-refractivity contribution in [2.24, 2.45) is 5.92 Å². The van der Waals surface area contributed by atoms with Gasteiger partial charge >= 0.3 is 0 Å². The third-order valence-corrected chi connectivity index (χ3v) is 6.34. The molecule has 178 valence electrons. The number of hydrogen-bond donors (Lipinski definition) is 2. The van der Waals surface area contributed by atoms with Gasteiger partial charge in [0.25, 0.3) is 5.91 Å². The normalized spacial score (nSPS) is 19.2. The number of fused-ring (bicyclic) bond motifs is 3. The van der Waals surface area contributed by atoms with Crippen LogP contribution < -0.4 is 15.5 Å². The Labute approximate surface area is 199 Å². The summed E-state index contributed by atoms with van der Waals surface area (Å²) < 4.78 is 0. The summed E-state index contributed by atoms with van der Waals surface area (Å²) in [6, 6.07) is 14.3. The average molecular weight is 463 g/mol. The number of carbonyl (C=O) groups excluding carboxylic acids is 4. The van der Waals surface area contributed by atoms with E-state index in [-0.39, 0.29) is 42.6 Å². The van der Waals surface area contributed by atoms with Crippen molar-refractivity contribution in [2.45, 2.75) is 52.2 Å². The van der Waals surface area contributed by atoms with Crippen molar-refractivity contribution in [3.63, 3.8) is 0 Å². The zero-order valence-corrected chi connectivity index (χ0v) is 19.8. The lowest BCUT2D eigenvalue weighted by Crippen LogP contribution is -2.63. The van der Waals surface area contributed by atoms with Crippen molar-refractivity contribution in [1.29, 1.82) is 0 Å². The van der Waals surface area contributed by atoms with Crippen LogP contribution in [0.4, 0.5) is 11.4 Å². The average Bonchev–Trinajstić information content (AvgIpc) is 3.10. The van der Waals surface area contributed by atoms with Crippen molar-refractivity contribution in [1.82, 2.24) is 10.2 Å². The molecule has 4 amide bonds. The molecule has 2 aliphatic heterocycles. The molecule has 0 saturated carbocycles. The van der Waals surface area contributed by atoms with Crippen LogP contribution in [0.5, 0.6) is 0 Å². The number of anilines is 2. The van der Waals surface area contributed by atoms with E-state index in [1.807, 2.05) is 39.0 Å². The minimum Gasteiger partial charge on any atom is -0.350 e. The lowest BCUT2D eigenvalue weighted by molar-refractivity contribution is -0.124. The number of nitrogens with one attached hydrogen (secondary N) is 2. The molecule has 0 aromatic heterocycles. The molecule has 2 N–H and O–H groups in total. The van der Waals surface area contributed by atoms with E-state index in [9.17, 15) is 19.2 Å².